The summed E-state index contributed by atoms with van der Waals surface area (Å²) in [6.45, 7) is 2.38. The summed E-state index contributed by atoms with van der Waals surface area (Å²) >= 11 is 0. The van der Waals surface area contributed by atoms with Crippen molar-refractivity contribution in [3.05, 3.63) is 36.0 Å². The molecule has 1 aromatic carbocycles. The highest BCUT2D eigenvalue weighted by atomic mass is 32.2. The summed E-state index contributed by atoms with van der Waals surface area (Å²) in [5.41, 5.74) is 4.96. The van der Waals surface area contributed by atoms with E-state index in [4.69, 9.17) is 9.47 Å². The molecule has 1 heterocycles. The number of benzene rings is 1. The summed E-state index contributed by atoms with van der Waals surface area (Å²) in [7, 11) is 1.27. The normalized spacial score (nSPS) is 12.4. The van der Waals surface area contributed by atoms with Crippen LogP contribution < -0.4 is 21.4 Å². The van der Waals surface area contributed by atoms with Crippen LogP contribution in [0.5, 0.6) is 0 Å². The first-order valence-electron chi connectivity index (χ1n) is 15.4. The maximum absolute atomic E-state index is 12.8. The minimum atomic E-state index is -4.55. The van der Waals surface area contributed by atoms with Crippen LogP contribution >= 0.6 is 0 Å². The Labute approximate surface area is 267 Å². The molecule has 2 aromatic rings. The predicted octanol–water partition coefficient (Wildman–Crippen LogP) is -0.152. The summed E-state index contributed by atoms with van der Waals surface area (Å²) in [4.78, 5) is 37.3. The smallest absolute Gasteiger partial charge is 0.267 e. The number of nitrogens with one attached hydrogen (secondary N) is 4. The number of para-hydroxylation sites is 1. The van der Waals surface area contributed by atoms with Crippen LogP contribution in [-0.4, -0.2) is 114 Å². The number of carbonyl (C=O) groups is 3. The third-order valence-corrected chi connectivity index (χ3v) is 7.77. The van der Waals surface area contributed by atoms with E-state index in [2.05, 4.69) is 29.2 Å². The van der Waals surface area contributed by atoms with Gasteiger partial charge in [0.25, 0.3) is 10.1 Å². The number of rotatable bonds is 24. The largest absolute Gasteiger partial charge is 0.377 e. The number of carbonyl (C=O) groups excluding carboxylic acids is 3. The van der Waals surface area contributed by atoms with Gasteiger partial charge in [-0.25, -0.2) is 5.01 Å². The molecule has 0 saturated carbocycles. The lowest BCUT2D eigenvalue weighted by molar-refractivity contribution is -0.128. The average Bonchev–Trinajstić information content (AvgIpc) is 3.34. The first kappa shape index (κ1) is 38.2. The number of unbranched alkanes of at least 4 members (excludes halogenated alkanes) is 2. The molecule has 5 N–H and O–H groups in total. The molecule has 0 saturated heterocycles. The van der Waals surface area contributed by atoms with Crippen molar-refractivity contribution >= 4 is 46.6 Å². The van der Waals surface area contributed by atoms with Gasteiger partial charge >= 0.3 is 0 Å². The van der Waals surface area contributed by atoms with E-state index in [0.29, 0.717) is 39.3 Å². The molecule has 0 aliphatic rings. The van der Waals surface area contributed by atoms with Gasteiger partial charge in [0.15, 0.2) is 0 Å². The second-order valence-corrected chi connectivity index (χ2v) is 12.2. The van der Waals surface area contributed by atoms with Gasteiger partial charge in [-0.15, -0.1) is 0 Å². The summed E-state index contributed by atoms with van der Waals surface area (Å²) in [6, 6.07) is 8.34. The zero-order chi connectivity index (χ0) is 33.1. The number of fused-ring (bicyclic) bond motifs is 1. The zero-order valence-electron chi connectivity index (χ0n) is 26.7. The third kappa shape index (κ3) is 15.7. The van der Waals surface area contributed by atoms with Crippen molar-refractivity contribution in [3.63, 3.8) is 0 Å². The molecule has 0 unspecified atom stereocenters. The van der Waals surface area contributed by atoms with Gasteiger partial charge in [-0.2, -0.15) is 8.42 Å². The van der Waals surface area contributed by atoms with Crippen molar-refractivity contribution < 1.29 is 36.8 Å². The van der Waals surface area contributed by atoms with Crippen LogP contribution in [0.3, 0.4) is 0 Å². The Morgan fingerprint density at radius 1 is 0.978 bits per heavy atom. The number of hydrazine groups is 1. The molecule has 16 heteroatoms. The topological polar surface area (TPSA) is 180 Å². The maximum Gasteiger partial charge on any atom is 0.267 e. The van der Waals surface area contributed by atoms with E-state index in [1.54, 1.807) is 0 Å². The SMILES string of the molecule is BCCCCCC(=O)NCCOCCOCCNC(=O)[C@H](CS(=O)(=O)O)NC(=O)CCn1c(CN(C)NC)cc2ccccc21. The highest BCUT2D eigenvalue weighted by Gasteiger charge is 2.26. The molecule has 0 fully saturated rings. The number of aromatic nitrogens is 1. The molecule has 0 aliphatic heterocycles. The van der Waals surface area contributed by atoms with Gasteiger partial charge in [0.05, 0.1) is 33.0 Å². The van der Waals surface area contributed by atoms with Crippen molar-refractivity contribution in [2.75, 3.05) is 59.4 Å². The van der Waals surface area contributed by atoms with E-state index in [1.165, 1.54) is 0 Å². The first-order chi connectivity index (χ1) is 21.5. The summed E-state index contributed by atoms with van der Waals surface area (Å²) < 4.78 is 45.4. The highest BCUT2D eigenvalue weighted by molar-refractivity contribution is 7.85. The Morgan fingerprint density at radius 2 is 1.67 bits per heavy atom. The van der Waals surface area contributed by atoms with Gasteiger partial charge in [0, 0.05) is 50.7 Å². The van der Waals surface area contributed by atoms with Gasteiger partial charge in [0.1, 0.15) is 19.6 Å². The van der Waals surface area contributed by atoms with Gasteiger partial charge in [-0.3, -0.25) is 24.4 Å². The standard InChI is InChI=1S/C29H49BN6O8S/c1-31-35(2)21-24-20-23-8-5-6-9-26(23)36(24)15-11-28(38)34-25(22-45(40,41)42)29(39)33-14-17-44-19-18-43-16-13-32-27(37)10-4-3-7-12-30/h5-6,8-9,20,25,31H,3-4,7,10-19,21-22,30H2,1-2H3,(H,32,37)(H,33,39)(H,34,38)(H,40,41,42)/t25-/m0/s1. The quantitative estimate of drug-likeness (QED) is 0.0443. The van der Waals surface area contributed by atoms with Crippen LogP contribution in [0.25, 0.3) is 10.9 Å². The lowest BCUT2D eigenvalue weighted by Gasteiger charge is -2.19. The Morgan fingerprint density at radius 3 is 2.33 bits per heavy atom. The van der Waals surface area contributed by atoms with E-state index in [0.717, 1.165) is 42.2 Å². The number of amides is 3. The van der Waals surface area contributed by atoms with Crippen LogP contribution in [-0.2, 0) is 47.1 Å². The highest BCUT2D eigenvalue weighted by Crippen LogP contribution is 2.21. The van der Waals surface area contributed by atoms with E-state index in [-0.39, 0.29) is 32.1 Å². The Balaban J connectivity index is 1.73. The van der Waals surface area contributed by atoms with Crippen molar-refractivity contribution in [3.8, 4) is 0 Å². The number of hydrogen-bond donors (Lipinski definition) is 5. The molecule has 2 rings (SSSR count). The van der Waals surface area contributed by atoms with Crippen LogP contribution in [0.4, 0.5) is 0 Å². The lowest BCUT2D eigenvalue weighted by Crippen LogP contribution is -2.51. The number of nitrogens with zero attached hydrogens (tertiary/aromatic N) is 2. The van der Waals surface area contributed by atoms with E-state index < -0.39 is 33.7 Å². The first-order valence-corrected chi connectivity index (χ1v) is 17.0. The van der Waals surface area contributed by atoms with Gasteiger partial charge < -0.3 is 30.0 Å². The molecule has 0 bridgehead atoms. The van der Waals surface area contributed by atoms with Crippen molar-refractivity contribution in [1.29, 1.82) is 0 Å². The second kappa shape index (κ2) is 20.9. The molecule has 45 heavy (non-hydrogen) atoms. The Bertz CT molecular complexity index is 1310. The monoisotopic (exact) mass is 652 g/mol. The molecular weight excluding hydrogens is 603 g/mol. The van der Waals surface area contributed by atoms with Crippen molar-refractivity contribution in [2.24, 2.45) is 0 Å². The number of ether oxygens (including phenoxy) is 2. The summed E-state index contributed by atoms with van der Waals surface area (Å²) in [5.74, 6) is -2.24. The fraction of sp³-hybridized carbons (Fsp3) is 0.621. The summed E-state index contributed by atoms with van der Waals surface area (Å²) in [6.07, 6.45) is 4.70. The summed E-state index contributed by atoms with van der Waals surface area (Å²) in [5, 5.41) is 10.7. The predicted molar refractivity (Wildman–Crippen MR) is 175 cm³/mol. The van der Waals surface area contributed by atoms with Crippen molar-refractivity contribution in [2.45, 2.75) is 57.6 Å². The number of aryl methyl sites for hydroxylation is 1. The molecular formula is C29H49BN6O8S. The van der Waals surface area contributed by atoms with Crippen LogP contribution in [0, 0.1) is 0 Å². The minimum Gasteiger partial charge on any atom is -0.377 e. The molecule has 252 valence electrons. The molecule has 0 spiro atoms. The fourth-order valence-corrected chi connectivity index (χ4v) is 5.27. The second-order valence-electron chi connectivity index (χ2n) is 10.7. The third-order valence-electron chi connectivity index (χ3n) is 7.01. The fourth-order valence-electron chi connectivity index (χ4n) is 4.61. The van der Waals surface area contributed by atoms with E-state index in [9.17, 15) is 27.4 Å². The maximum atomic E-state index is 12.8. The molecule has 0 aliphatic carbocycles. The van der Waals surface area contributed by atoms with Gasteiger partial charge in [0.2, 0.25) is 17.7 Å². The van der Waals surface area contributed by atoms with Crippen LogP contribution in [0.2, 0.25) is 6.32 Å². The van der Waals surface area contributed by atoms with Gasteiger partial charge in [-0.1, -0.05) is 37.4 Å². The Hall–Kier alpha value is -3.02. The molecule has 14 nitrogen and oxygen atoms in total. The molecule has 3 amide bonds. The Kier molecular flexibility index (Phi) is 17.7. The van der Waals surface area contributed by atoms with Crippen LogP contribution in [0.15, 0.2) is 30.3 Å². The minimum absolute atomic E-state index is 0.0158. The van der Waals surface area contributed by atoms with Crippen LogP contribution in [0.1, 0.15) is 37.8 Å². The van der Waals surface area contributed by atoms with Gasteiger partial charge in [-0.05, 0) is 31.0 Å². The lowest BCUT2D eigenvalue weighted by atomic mass is 9.99. The van der Waals surface area contributed by atoms with Crippen molar-refractivity contribution in [1.82, 2.24) is 31.0 Å². The van der Waals surface area contributed by atoms with E-state index >= 15 is 0 Å². The zero-order valence-corrected chi connectivity index (χ0v) is 27.5. The molecule has 0 radical (unpaired) electrons. The van der Waals surface area contributed by atoms with E-state index in [1.807, 2.05) is 54.0 Å². The molecule has 1 atom stereocenters. The molecule has 1 aromatic heterocycles. The average molecular weight is 653 g/mol. The number of hydrogen-bond acceptors (Lipinski definition) is 9.